The Bertz CT molecular complexity index is 1710. The first-order chi connectivity index (χ1) is 20.0. The van der Waals surface area contributed by atoms with Crippen molar-refractivity contribution in [2.45, 2.75) is 39.1 Å². The van der Waals surface area contributed by atoms with Crippen molar-refractivity contribution in [3.05, 3.63) is 106 Å². The minimum Gasteiger partial charge on any atom is -0.493 e. The normalized spacial score (nSPS) is 11.7. The van der Waals surface area contributed by atoms with Crippen LogP contribution in [0.2, 0.25) is 0 Å². The summed E-state index contributed by atoms with van der Waals surface area (Å²) in [6, 6.07) is 21.7. The first-order valence-corrected chi connectivity index (χ1v) is 14.8. The van der Waals surface area contributed by atoms with Gasteiger partial charge in [-0.1, -0.05) is 48.0 Å². The third kappa shape index (κ3) is 6.72. The summed E-state index contributed by atoms with van der Waals surface area (Å²) in [6.45, 7) is 7.70. The highest BCUT2D eigenvalue weighted by atomic mass is 32.2. The van der Waals surface area contributed by atoms with E-state index in [1.165, 1.54) is 38.0 Å². The van der Waals surface area contributed by atoms with Crippen LogP contribution in [0.15, 0.2) is 82.8 Å². The highest BCUT2D eigenvalue weighted by Crippen LogP contribution is 2.31. The van der Waals surface area contributed by atoms with Crippen LogP contribution >= 0.6 is 0 Å². The molecule has 3 aromatic carbocycles. The Morgan fingerprint density at radius 1 is 0.929 bits per heavy atom. The number of amides is 1. The Balaban J connectivity index is 1.55. The molecule has 1 heterocycles. The number of sulfonamides is 1. The summed E-state index contributed by atoms with van der Waals surface area (Å²) in [6.07, 6.45) is 1.57. The van der Waals surface area contributed by atoms with Gasteiger partial charge in [0.15, 0.2) is 11.5 Å². The molecule has 0 aliphatic heterocycles. The van der Waals surface area contributed by atoms with Crippen LogP contribution in [-0.4, -0.2) is 50.2 Å². The average Bonchev–Trinajstić information content (AvgIpc) is 3.25. The van der Waals surface area contributed by atoms with Crippen molar-refractivity contribution in [1.29, 1.82) is 0 Å². The topological polar surface area (TPSA) is 102 Å². The third-order valence-corrected chi connectivity index (χ3v) is 8.76. The number of rotatable bonds is 11. The molecule has 0 aliphatic carbocycles. The summed E-state index contributed by atoms with van der Waals surface area (Å²) in [4.78, 5) is 13.0. The van der Waals surface area contributed by atoms with E-state index in [-0.39, 0.29) is 17.2 Å². The lowest BCUT2D eigenvalue weighted by atomic mass is 10.1. The number of ether oxygens (including phenoxy) is 2. The predicted octanol–water partition coefficient (Wildman–Crippen LogP) is 5.07. The maximum atomic E-state index is 13.7. The molecule has 4 rings (SSSR count). The predicted molar refractivity (Wildman–Crippen MR) is 164 cm³/mol. The van der Waals surface area contributed by atoms with E-state index in [9.17, 15) is 13.2 Å². The monoisotopic (exact) mass is 588 g/mol. The standard InChI is InChI=1S/C32H36N4O5S/c1-22-12-14-29(23(2)16-22)36-24(3)17-27(25(36)4)19-33-34-32(37)21-35(20-26-10-8-7-9-11-26)42(38,39)28-13-15-30(40-5)31(18-28)41-6/h7-19H,20-21H2,1-6H3,(H,34,37)/b33-19+. The van der Waals surface area contributed by atoms with E-state index in [4.69, 9.17) is 9.47 Å². The summed E-state index contributed by atoms with van der Waals surface area (Å²) in [5, 5.41) is 4.16. The highest BCUT2D eigenvalue weighted by molar-refractivity contribution is 7.89. The first-order valence-electron chi connectivity index (χ1n) is 13.4. The summed E-state index contributed by atoms with van der Waals surface area (Å²) in [5.41, 5.74) is 9.50. The molecule has 0 unspecified atom stereocenters. The average molecular weight is 589 g/mol. The maximum absolute atomic E-state index is 13.7. The maximum Gasteiger partial charge on any atom is 0.255 e. The molecule has 42 heavy (non-hydrogen) atoms. The second-order valence-corrected chi connectivity index (χ2v) is 12.0. The van der Waals surface area contributed by atoms with Gasteiger partial charge in [0.2, 0.25) is 10.0 Å². The van der Waals surface area contributed by atoms with Crippen LogP contribution in [0.3, 0.4) is 0 Å². The van der Waals surface area contributed by atoms with Gasteiger partial charge >= 0.3 is 0 Å². The van der Waals surface area contributed by atoms with Gasteiger partial charge in [-0.25, -0.2) is 13.8 Å². The SMILES string of the molecule is COc1ccc(S(=O)(=O)N(CC(=O)N/N=C/c2cc(C)n(-c3ccc(C)cc3C)c2C)Cc2ccccc2)cc1OC. The van der Waals surface area contributed by atoms with Gasteiger partial charge in [0.25, 0.3) is 5.91 Å². The van der Waals surface area contributed by atoms with Gasteiger partial charge in [-0.15, -0.1) is 0 Å². The molecule has 0 aliphatic rings. The molecule has 0 saturated heterocycles. The molecule has 1 N–H and O–H groups in total. The van der Waals surface area contributed by atoms with Crippen molar-refractivity contribution >= 4 is 22.1 Å². The molecule has 0 atom stereocenters. The second-order valence-electron chi connectivity index (χ2n) is 10.0. The van der Waals surface area contributed by atoms with Crippen LogP contribution < -0.4 is 14.9 Å². The molecule has 220 valence electrons. The smallest absolute Gasteiger partial charge is 0.255 e. The summed E-state index contributed by atoms with van der Waals surface area (Å²) < 4.78 is 41.2. The van der Waals surface area contributed by atoms with E-state index in [0.29, 0.717) is 5.75 Å². The Morgan fingerprint density at radius 3 is 2.31 bits per heavy atom. The molecule has 0 spiro atoms. The summed E-state index contributed by atoms with van der Waals surface area (Å²) >= 11 is 0. The van der Waals surface area contributed by atoms with Crippen molar-refractivity contribution in [3.63, 3.8) is 0 Å². The number of hydrazone groups is 1. The molecule has 0 bridgehead atoms. The van der Waals surface area contributed by atoms with E-state index in [2.05, 4.69) is 47.1 Å². The van der Waals surface area contributed by atoms with Gasteiger partial charge in [0.1, 0.15) is 0 Å². The Hall–Kier alpha value is -4.41. The Morgan fingerprint density at radius 2 is 1.64 bits per heavy atom. The minimum atomic E-state index is -4.09. The van der Waals surface area contributed by atoms with Crippen LogP contribution in [-0.2, 0) is 21.4 Å². The number of carbonyl (C=O) groups excluding carboxylic acids is 1. The van der Waals surface area contributed by atoms with Crippen molar-refractivity contribution in [2.75, 3.05) is 20.8 Å². The molecule has 4 aromatic rings. The quantitative estimate of drug-likeness (QED) is 0.195. The number of nitrogens with one attached hydrogen (secondary N) is 1. The number of benzene rings is 3. The summed E-state index contributed by atoms with van der Waals surface area (Å²) in [5.74, 6) is 0.0928. The van der Waals surface area contributed by atoms with E-state index in [0.717, 1.165) is 38.1 Å². The number of carbonyl (C=O) groups is 1. The zero-order valence-electron chi connectivity index (χ0n) is 24.7. The fourth-order valence-electron chi connectivity index (χ4n) is 4.85. The number of nitrogens with zero attached hydrogens (tertiary/aromatic N) is 3. The molecule has 9 nitrogen and oxygen atoms in total. The van der Waals surface area contributed by atoms with Gasteiger partial charge < -0.3 is 14.0 Å². The van der Waals surface area contributed by atoms with Crippen LogP contribution in [0.5, 0.6) is 11.5 Å². The molecule has 0 radical (unpaired) electrons. The Kier molecular flexibility index (Phi) is 9.49. The van der Waals surface area contributed by atoms with Crippen LogP contribution in [0.25, 0.3) is 5.69 Å². The number of hydrogen-bond acceptors (Lipinski definition) is 6. The molecule has 1 amide bonds. The zero-order valence-corrected chi connectivity index (χ0v) is 25.5. The molecule has 1 aromatic heterocycles. The lowest BCUT2D eigenvalue weighted by molar-refractivity contribution is -0.121. The van der Waals surface area contributed by atoms with Crippen molar-refractivity contribution < 1.29 is 22.7 Å². The molecular weight excluding hydrogens is 552 g/mol. The van der Waals surface area contributed by atoms with E-state index in [1.807, 2.05) is 38.1 Å². The minimum absolute atomic E-state index is 0.00823. The lowest BCUT2D eigenvalue weighted by Gasteiger charge is -2.22. The number of methoxy groups -OCH3 is 2. The van der Waals surface area contributed by atoms with Gasteiger partial charge in [0, 0.05) is 35.2 Å². The van der Waals surface area contributed by atoms with Crippen LogP contribution in [0, 0.1) is 27.7 Å². The third-order valence-electron chi connectivity index (χ3n) is 6.97. The highest BCUT2D eigenvalue weighted by Gasteiger charge is 2.28. The van der Waals surface area contributed by atoms with E-state index < -0.39 is 22.5 Å². The van der Waals surface area contributed by atoms with Crippen LogP contribution in [0.1, 0.15) is 33.6 Å². The molecule has 0 fully saturated rings. The fraction of sp³-hybridized carbons (Fsp3) is 0.250. The number of aromatic nitrogens is 1. The molecule has 10 heteroatoms. The fourth-order valence-corrected chi connectivity index (χ4v) is 6.25. The van der Waals surface area contributed by atoms with Crippen molar-refractivity contribution in [3.8, 4) is 17.2 Å². The lowest BCUT2D eigenvalue weighted by Crippen LogP contribution is -2.39. The van der Waals surface area contributed by atoms with Gasteiger partial charge in [-0.2, -0.15) is 9.41 Å². The number of hydrogen-bond donors (Lipinski definition) is 1. The zero-order chi connectivity index (χ0) is 30.4. The Labute approximate surface area is 247 Å². The van der Waals surface area contributed by atoms with Gasteiger partial charge in [0.05, 0.1) is 31.9 Å². The largest absolute Gasteiger partial charge is 0.493 e. The van der Waals surface area contributed by atoms with Crippen molar-refractivity contribution in [1.82, 2.24) is 14.3 Å². The van der Waals surface area contributed by atoms with Crippen molar-refractivity contribution in [2.24, 2.45) is 5.10 Å². The first kappa shape index (κ1) is 30.5. The van der Waals surface area contributed by atoms with Crippen LogP contribution in [0.4, 0.5) is 0 Å². The molecular formula is C32H36N4O5S. The van der Waals surface area contributed by atoms with Gasteiger partial charge in [-0.3, -0.25) is 4.79 Å². The summed E-state index contributed by atoms with van der Waals surface area (Å²) in [7, 11) is -1.19. The van der Waals surface area contributed by atoms with Gasteiger partial charge in [-0.05, 0) is 63.1 Å². The molecule has 0 saturated carbocycles. The number of aryl methyl sites for hydroxylation is 3. The second kappa shape index (κ2) is 13.1. The van der Waals surface area contributed by atoms with E-state index >= 15 is 0 Å². The van der Waals surface area contributed by atoms with E-state index in [1.54, 1.807) is 18.3 Å².